The highest BCUT2D eigenvalue weighted by atomic mass is 16.5. The molecule has 0 bridgehead atoms. The Kier molecular flexibility index (Phi) is 2.92. The topological polar surface area (TPSA) is 42.5 Å². The van der Waals surface area contributed by atoms with Gasteiger partial charge in [0.15, 0.2) is 0 Å². The van der Waals surface area contributed by atoms with Crippen LogP contribution in [0.25, 0.3) is 0 Å². The van der Waals surface area contributed by atoms with Gasteiger partial charge in [-0.15, -0.1) is 0 Å². The van der Waals surface area contributed by atoms with E-state index in [1.807, 2.05) is 0 Å². The lowest BCUT2D eigenvalue weighted by Crippen LogP contribution is -2.70. The van der Waals surface area contributed by atoms with E-state index in [4.69, 9.17) is 9.47 Å². The molecule has 2 aliphatic heterocycles. The lowest BCUT2D eigenvalue weighted by molar-refractivity contribution is -0.164. The minimum absolute atomic E-state index is 0.0113. The number of nitrogens with one attached hydrogen (secondary N) is 2. The average molecular weight is 226 g/mol. The molecule has 1 saturated carbocycles. The third kappa shape index (κ3) is 1.99. The molecule has 16 heavy (non-hydrogen) atoms. The van der Waals surface area contributed by atoms with Gasteiger partial charge in [-0.1, -0.05) is 6.42 Å². The zero-order valence-electron chi connectivity index (χ0n) is 9.89. The Labute approximate surface area is 97.1 Å². The lowest BCUT2D eigenvalue weighted by Gasteiger charge is -2.50. The molecule has 4 nitrogen and oxygen atoms in total. The molecule has 0 aromatic heterocycles. The van der Waals surface area contributed by atoms with Crippen molar-refractivity contribution in [1.82, 2.24) is 10.6 Å². The summed E-state index contributed by atoms with van der Waals surface area (Å²) in [5.41, 5.74) is 0.0174. The highest BCUT2D eigenvalue weighted by Gasteiger charge is 2.44. The normalized spacial score (nSPS) is 39.0. The van der Waals surface area contributed by atoms with E-state index < -0.39 is 0 Å². The van der Waals surface area contributed by atoms with Gasteiger partial charge in [-0.25, -0.2) is 0 Å². The van der Waals surface area contributed by atoms with Gasteiger partial charge in [0, 0.05) is 13.1 Å². The standard InChI is InChI=1S/C12H22N2O2/c1-2-4-12(5-3-1)14-8-11(10-16-12)9-15-7-6-13-11/h13-14H,1-10H2. The van der Waals surface area contributed by atoms with Gasteiger partial charge in [-0.3, -0.25) is 5.32 Å². The SMILES string of the molecule is C1CCC2(CC1)NCC1(COCCN1)CO2. The molecule has 0 amide bonds. The second kappa shape index (κ2) is 4.26. The van der Waals surface area contributed by atoms with Crippen molar-refractivity contribution in [2.45, 2.75) is 43.4 Å². The van der Waals surface area contributed by atoms with Crippen molar-refractivity contribution in [3.8, 4) is 0 Å². The number of rotatable bonds is 0. The Morgan fingerprint density at radius 1 is 0.938 bits per heavy atom. The summed E-state index contributed by atoms with van der Waals surface area (Å²) in [6.07, 6.45) is 6.29. The molecule has 2 saturated heterocycles. The smallest absolute Gasteiger partial charge is 0.119 e. The fraction of sp³-hybridized carbons (Fsp3) is 1.00. The summed E-state index contributed by atoms with van der Waals surface area (Å²) in [5.74, 6) is 0. The number of morpholine rings is 1. The minimum atomic E-state index is -0.0113. The fourth-order valence-corrected chi connectivity index (χ4v) is 3.07. The van der Waals surface area contributed by atoms with E-state index in [1.54, 1.807) is 0 Å². The summed E-state index contributed by atoms with van der Waals surface area (Å²) in [5, 5.41) is 7.17. The maximum absolute atomic E-state index is 6.15. The van der Waals surface area contributed by atoms with Crippen LogP contribution < -0.4 is 10.6 Å². The monoisotopic (exact) mass is 226 g/mol. The van der Waals surface area contributed by atoms with Gasteiger partial charge >= 0.3 is 0 Å². The van der Waals surface area contributed by atoms with Crippen LogP contribution in [0.3, 0.4) is 0 Å². The first-order chi connectivity index (χ1) is 7.83. The first kappa shape index (κ1) is 11.0. The molecule has 2 N–H and O–H groups in total. The van der Waals surface area contributed by atoms with Gasteiger partial charge < -0.3 is 14.8 Å². The van der Waals surface area contributed by atoms with E-state index in [9.17, 15) is 0 Å². The van der Waals surface area contributed by atoms with Crippen LogP contribution in [0.1, 0.15) is 32.1 Å². The summed E-state index contributed by atoms with van der Waals surface area (Å²) in [6.45, 7) is 4.31. The average Bonchev–Trinajstić information content (AvgIpc) is 2.36. The van der Waals surface area contributed by atoms with E-state index >= 15 is 0 Å². The van der Waals surface area contributed by atoms with Crippen molar-refractivity contribution < 1.29 is 9.47 Å². The number of ether oxygens (including phenoxy) is 2. The fourth-order valence-electron chi connectivity index (χ4n) is 3.07. The molecule has 0 radical (unpaired) electrons. The van der Waals surface area contributed by atoms with Crippen LogP contribution in [0.4, 0.5) is 0 Å². The zero-order valence-corrected chi connectivity index (χ0v) is 9.89. The number of hydrogen-bond donors (Lipinski definition) is 2. The van der Waals surface area contributed by atoms with Crippen molar-refractivity contribution in [1.29, 1.82) is 0 Å². The summed E-state index contributed by atoms with van der Waals surface area (Å²) in [7, 11) is 0. The summed E-state index contributed by atoms with van der Waals surface area (Å²) in [6, 6.07) is 0. The second-order valence-corrected chi connectivity index (χ2v) is 5.46. The van der Waals surface area contributed by atoms with Crippen molar-refractivity contribution in [2.24, 2.45) is 0 Å². The summed E-state index contributed by atoms with van der Waals surface area (Å²) >= 11 is 0. The van der Waals surface area contributed by atoms with E-state index in [2.05, 4.69) is 10.6 Å². The molecular weight excluding hydrogens is 204 g/mol. The Bertz CT molecular complexity index is 207. The molecule has 0 aromatic rings. The summed E-state index contributed by atoms with van der Waals surface area (Å²) in [4.78, 5) is 0. The Morgan fingerprint density at radius 3 is 2.44 bits per heavy atom. The molecule has 3 rings (SSSR count). The van der Waals surface area contributed by atoms with Crippen LogP contribution in [-0.2, 0) is 9.47 Å². The molecule has 4 heteroatoms. The number of hydrogen-bond acceptors (Lipinski definition) is 4. The summed E-state index contributed by atoms with van der Waals surface area (Å²) < 4.78 is 11.7. The van der Waals surface area contributed by atoms with Gasteiger partial charge in [0.2, 0.25) is 0 Å². The second-order valence-electron chi connectivity index (χ2n) is 5.46. The Balaban J connectivity index is 1.61. The van der Waals surface area contributed by atoms with Gasteiger partial charge in [0.1, 0.15) is 5.72 Å². The quantitative estimate of drug-likeness (QED) is 0.635. The van der Waals surface area contributed by atoms with Crippen LogP contribution in [0.2, 0.25) is 0 Å². The molecule has 92 valence electrons. The molecule has 2 spiro atoms. The van der Waals surface area contributed by atoms with Crippen LogP contribution in [0.15, 0.2) is 0 Å². The maximum atomic E-state index is 6.15. The van der Waals surface area contributed by atoms with Crippen molar-refractivity contribution in [2.75, 3.05) is 32.9 Å². The zero-order chi connectivity index (χ0) is 10.9. The van der Waals surface area contributed by atoms with Crippen LogP contribution in [0, 0.1) is 0 Å². The van der Waals surface area contributed by atoms with Crippen molar-refractivity contribution >= 4 is 0 Å². The molecular formula is C12H22N2O2. The molecule has 3 fully saturated rings. The van der Waals surface area contributed by atoms with Crippen LogP contribution >= 0.6 is 0 Å². The first-order valence-corrected chi connectivity index (χ1v) is 6.55. The molecule has 3 aliphatic rings. The van der Waals surface area contributed by atoms with Crippen molar-refractivity contribution in [3.05, 3.63) is 0 Å². The highest BCUT2D eigenvalue weighted by molar-refractivity contribution is 4.99. The minimum Gasteiger partial charge on any atom is -0.378 e. The largest absolute Gasteiger partial charge is 0.378 e. The Morgan fingerprint density at radius 2 is 1.81 bits per heavy atom. The van der Waals surface area contributed by atoms with Gasteiger partial charge in [0.05, 0.1) is 25.4 Å². The van der Waals surface area contributed by atoms with Crippen LogP contribution in [-0.4, -0.2) is 44.2 Å². The Hall–Kier alpha value is -0.160. The van der Waals surface area contributed by atoms with Gasteiger partial charge in [0.25, 0.3) is 0 Å². The molecule has 0 aromatic carbocycles. The molecule has 1 aliphatic carbocycles. The van der Waals surface area contributed by atoms with Gasteiger partial charge in [-0.2, -0.15) is 0 Å². The van der Waals surface area contributed by atoms with Crippen LogP contribution in [0.5, 0.6) is 0 Å². The first-order valence-electron chi connectivity index (χ1n) is 6.55. The van der Waals surface area contributed by atoms with Gasteiger partial charge in [-0.05, 0) is 25.7 Å². The van der Waals surface area contributed by atoms with Crippen molar-refractivity contribution in [3.63, 3.8) is 0 Å². The van der Waals surface area contributed by atoms with E-state index in [0.717, 1.165) is 32.9 Å². The highest BCUT2D eigenvalue weighted by Crippen LogP contribution is 2.33. The lowest BCUT2D eigenvalue weighted by atomic mass is 9.88. The molecule has 1 unspecified atom stereocenters. The maximum Gasteiger partial charge on any atom is 0.119 e. The predicted octanol–water partition coefficient (Wildman–Crippen LogP) is 0.625. The third-order valence-electron chi connectivity index (χ3n) is 4.16. The third-order valence-corrected chi connectivity index (χ3v) is 4.16. The van der Waals surface area contributed by atoms with E-state index in [1.165, 1.54) is 32.1 Å². The van der Waals surface area contributed by atoms with E-state index in [-0.39, 0.29) is 11.3 Å². The molecule has 1 atom stereocenters. The molecule has 2 heterocycles. The van der Waals surface area contributed by atoms with E-state index in [0.29, 0.717) is 0 Å². The predicted molar refractivity (Wildman–Crippen MR) is 61.3 cm³/mol.